The number of nitrogens with two attached hydrogens (primary N) is 1. The zero-order valence-corrected chi connectivity index (χ0v) is 10.6. The fourth-order valence-electron chi connectivity index (χ4n) is 2.75. The third-order valence-corrected chi connectivity index (χ3v) is 3.77. The van der Waals surface area contributed by atoms with Crippen molar-refractivity contribution in [2.45, 2.75) is 52.1 Å². The zero-order chi connectivity index (χ0) is 12.4. The van der Waals surface area contributed by atoms with Crippen LogP contribution in [0.1, 0.15) is 37.2 Å². The first kappa shape index (κ1) is 12.3. The number of hydrogen-bond acceptors (Lipinski definition) is 3. The van der Waals surface area contributed by atoms with E-state index in [9.17, 15) is 4.79 Å². The van der Waals surface area contributed by atoms with Crippen LogP contribution in [-0.2, 0) is 6.54 Å². The fraction of sp³-hybridized carbons (Fsp3) is 0.692. The highest BCUT2D eigenvalue weighted by Gasteiger charge is 2.23. The monoisotopic (exact) mass is 235 g/mol. The van der Waals surface area contributed by atoms with Gasteiger partial charge in [-0.25, -0.2) is 4.98 Å². The van der Waals surface area contributed by atoms with E-state index in [1.807, 2.05) is 13.8 Å². The van der Waals surface area contributed by atoms with Crippen LogP contribution in [0.2, 0.25) is 0 Å². The maximum atomic E-state index is 11.8. The number of aromatic nitrogens is 2. The molecule has 0 saturated heterocycles. The van der Waals surface area contributed by atoms with Gasteiger partial charge in [0.25, 0.3) is 5.56 Å². The summed E-state index contributed by atoms with van der Waals surface area (Å²) in [5.74, 6) is 1.38. The van der Waals surface area contributed by atoms with Crippen molar-refractivity contribution >= 4 is 0 Å². The third-order valence-electron chi connectivity index (χ3n) is 3.77. The Morgan fingerprint density at radius 3 is 2.82 bits per heavy atom. The molecular formula is C13H21N3O. The molecule has 1 saturated carbocycles. The second-order valence-corrected chi connectivity index (χ2v) is 5.08. The van der Waals surface area contributed by atoms with Crippen LogP contribution in [-0.4, -0.2) is 15.6 Å². The lowest BCUT2D eigenvalue weighted by Crippen LogP contribution is -2.29. The van der Waals surface area contributed by atoms with Crippen LogP contribution in [0.15, 0.2) is 10.9 Å². The highest BCUT2D eigenvalue weighted by atomic mass is 16.1. The van der Waals surface area contributed by atoms with E-state index < -0.39 is 0 Å². The molecule has 0 aromatic carbocycles. The molecule has 1 fully saturated rings. The SMILES string of the molecule is Cc1cc(=O)n(CCC2CCCC2N)c(C)n1. The molecule has 1 aliphatic rings. The molecule has 1 aromatic heterocycles. The van der Waals surface area contributed by atoms with Gasteiger partial charge in [-0.2, -0.15) is 0 Å². The molecule has 0 aliphatic heterocycles. The minimum Gasteiger partial charge on any atom is -0.327 e. The van der Waals surface area contributed by atoms with E-state index in [0.29, 0.717) is 12.0 Å². The summed E-state index contributed by atoms with van der Waals surface area (Å²) in [6.45, 7) is 4.49. The molecule has 2 unspecified atom stereocenters. The second-order valence-electron chi connectivity index (χ2n) is 5.08. The number of aryl methyl sites for hydroxylation is 2. The van der Waals surface area contributed by atoms with Crippen LogP contribution in [0.4, 0.5) is 0 Å². The maximum absolute atomic E-state index is 11.8. The summed E-state index contributed by atoms with van der Waals surface area (Å²) in [4.78, 5) is 16.2. The van der Waals surface area contributed by atoms with Gasteiger partial charge < -0.3 is 5.73 Å². The van der Waals surface area contributed by atoms with Crippen LogP contribution < -0.4 is 11.3 Å². The summed E-state index contributed by atoms with van der Waals surface area (Å²) in [7, 11) is 0. The average molecular weight is 235 g/mol. The number of hydrogen-bond donors (Lipinski definition) is 1. The Morgan fingerprint density at radius 1 is 1.47 bits per heavy atom. The Hall–Kier alpha value is -1.16. The fourth-order valence-corrected chi connectivity index (χ4v) is 2.75. The van der Waals surface area contributed by atoms with Gasteiger partial charge in [0.2, 0.25) is 0 Å². The Bertz CT molecular complexity index is 452. The smallest absolute Gasteiger partial charge is 0.253 e. The lowest BCUT2D eigenvalue weighted by molar-refractivity contribution is 0.407. The van der Waals surface area contributed by atoms with E-state index >= 15 is 0 Å². The molecule has 0 spiro atoms. The molecule has 4 heteroatoms. The highest BCUT2D eigenvalue weighted by molar-refractivity contribution is 5.01. The molecule has 1 aliphatic carbocycles. The van der Waals surface area contributed by atoms with E-state index in [0.717, 1.165) is 30.9 Å². The Balaban J connectivity index is 2.06. The lowest BCUT2D eigenvalue weighted by atomic mass is 10.0. The zero-order valence-electron chi connectivity index (χ0n) is 10.6. The molecule has 0 radical (unpaired) electrons. The van der Waals surface area contributed by atoms with Gasteiger partial charge in [0, 0.05) is 24.3 Å². The first-order chi connectivity index (χ1) is 8.08. The van der Waals surface area contributed by atoms with Gasteiger partial charge in [0.15, 0.2) is 0 Å². The van der Waals surface area contributed by atoms with Crippen molar-refractivity contribution in [3.05, 3.63) is 27.9 Å². The molecule has 17 heavy (non-hydrogen) atoms. The van der Waals surface area contributed by atoms with E-state index in [-0.39, 0.29) is 5.56 Å². The normalized spacial score (nSPS) is 24.2. The van der Waals surface area contributed by atoms with Gasteiger partial charge in [0.1, 0.15) is 5.82 Å². The molecule has 0 amide bonds. The predicted molar refractivity (Wildman–Crippen MR) is 67.9 cm³/mol. The van der Waals surface area contributed by atoms with Gasteiger partial charge in [-0.3, -0.25) is 9.36 Å². The van der Waals surface area contributed by atoms with Crippen LogP contribution in [0, 0.1) is 19.8 Å². The van der Waals surface area contributed by atoms with Gasteiger partial charge >= 0.3 is 0 Å². The highest BCUT2D eigenvalue weighted by Crippen LogP contribution is 2.27. The van der Waals surface area contributed by atoms with E-state index in [1.165, 1.54) is 12.8 Å². The predicted octanol–water partition coefficient (Wildman–Crippen LogP) is 1.38. The molecule has 4 nitrogen and oxygen atoms in total. The summed E-state index contributed by atoms with van der Waals surface area (Å²) in [5.41, 5.74) is 6.89. The molecule has 94 valence electrons. The second kappa shape index (κ2) is 5.00. The Kier molecular flexibility index (Phi) is 3.62. The Morgan fingerprint density at radius 2 is 2.24 bits per heavy atom. The van der Waals surface area contributed by atoms with Crippen molar-refractivity contribution < 1.29 is 0 Å². The first-order valence-electron chi connectivity index (χ1n) is 6.38. The lowest BCUT2D eigenvalue weighted by Gasteiger charge is -2.16. The van der Waals surface area contributed by atoms with Crippen molar-refractivity contribution in [1.82, 2.24) is 9.55 Å². The van der Waals surface area contributed by atoms with E-state index in [2.05, 4.69) is 4.98 Å². The van der Waals surface area contributed by atoms with Gasteiger partial charge in [0.05, 0.1) is 0 Å². The number of nitrogens with zero attached hydrogens (tertiary/aromatic N) is 2. The summed E-state index contributed by atoms with van der Waals surface area (Å²) in [5, 5.41) is 0. The maximum Gasteiger partial charge on any atom is 0.253 e. The Labute approximate surface area is 102 Å². The van der Waals surface area contributed by atoms with E-state index in [1.54, 1.807) is 10.6 Å². The molecule has 2 N–H and O–H groups in total. The van der Waals surface area contributed by atoms with Crippen LogP contribution in [0.5, 0.6) is 0 Å². The summed E-state index contributed by atoms with van der Waals surface area (Å²) in [6, 6.07) is 1.92. The van der Waals surface area contributed by atoms with Gasteiger partial charge in [-0.05, 0) is 39.0 Å². The van der Waals surface area contributed by atoms with Crippen molar-refractivity contribution in [3.63, 3.8) is 0 Å². The summed E-state index contributed by atoms with van der Waals surface area (Å²) in [6.07, 6.45) is 4.55. The van der Waals surface area contributed by atoms with Gasteiger partial charge in [-0.15, -0.1) is 0 Å². The minimum atomic E-state index is 0.0570. The van der Waals surface area contributed by atoms with Crippen LogP contribution in [0.3, 0.4) is 0 Å². The minimum absolute atomic E-state index is 0.0570. The standard InChI is InChI=1S/C13H21N3O/c1-9-8-13(17)16(10(2)15-9)7-6-11-4-3-5-12(11)14/h8,11-12H,3-7,14H2,1-2H3. The summed E-state index contributed by atoms with van der Waals surface area (Å²) >= 11 is 0. The van der Waals surface area contributed by atoms with Crippen molar-refractivity contribution in [2.24, 2.45) is 11.7 Å². The molecule has 2 atom stereocenters. The quantitative estimate of drug-likeness (QED) is 0.861. The van der Waals surface area contributed by atoms with E-state index in [4.69, 9.17) is 5.73 Å². The third kappa shape index (κ3) is 2.75. The topological polar surface area (TPSA) is 60.9 Å². The largest absolute Gasteiger partial charge is 0.327 e. The number of rotatable bonds is 3. The van der Waals surface area contributed by atoms with Crippen molar-refractivity contribution in [1.29, 1.82) is 0 Å². The molecule has 0 bridgehead atoms. The van der Waals surface area contributed by atoms with Crippen molar-refractivity contribution in [2.75, 3.05) is 0 Å². The molecular weight excluding hydrogens is 214 g/mol. The van der Waals surface area contributed by atoms with Crippen LogP contribution in [0.25, 0.3) is 0 Å². The first-order valence-corrected chi connectivity index (χ1v) is 6.38. The average Bonchev–Trinajstić information content (AvgIpc) is 2.62. The summed E-state index contributed by atoms with van der Waals surface area (Å²) < 4.78 is 1.76. The molecule has 1 heterocycles. The molecule has 1 aromatic rings. The van der Waals surface area contributed by atoms with Crippen LogP contribution >= 0.6 is 0 Å². The van der Waals surface area contributed by atoms with Gasteiger partial charge in [-0.1, -0.05) is 6.42 Å². The van der Waals surface area contributed by atoms with Crippen molar-refractivity contribution in [3.8, 4) is 0 Å². The molecule has 2 rings (SSSR count).